The molecular weight excluding hydrogens is 737 g/mol. The maximum atomic E-state index is 4.02. The van der Waals surface area contributed by atoms with E-state index in [-0.39, 0.29) is 0 Å². The quantitative estimate of drug-likeness (QED) is 0.154. The normalized spacial score (nSPS) is 14.3. The molecule has 0 atom stereocenters. The third kappa shape index (κ3) is 7.83. The van der Waals surface area contributed by atoms with Gasteiger partial charge in [0, 0.05) is 12.7 Å². The second-order valence-electron chi connectivity index (χ2n) is 15.0. The second-order valence-corrected chi connectivity index (χ2v) is 15.0. The van der Waals surface area contributed by atoms with Crippen LogP contribution in [0, 0.1) is 0 Å². The fourth-order valence-corrected chi connectivity index (χ4v) is 9.26. The Morgan fingerprint density at radius 3 is 1.98 bits per heavy atom. The molecule has 6 aromatic carbocycles. The molecular formula is C59H58N2. The number of nitrogens with zero attached hydrogens (tertiary/aromatic N) is 1. The third-order valence-electron chi connectivity index (χ3n) is 11.7. The van der Waals surface area contributed by atoms with Crippen molar-refractivity contribution in [1.29, 1.82) is 0 Å². The molecule has 0 saturated carbocycles. The first-order valence-electron chi connectivity index (χ1n) is 21.9. The van der Waals surface area contributed by atoms with Crippen LogP contribution in [0.2, 0.25) is 0 Å². The van der Waals surface area contributed by atoms with E-state index < -0.39 is 5.41 Å². The van der Waals surface area contributed by atoms with Gasteiger partial charge >= 0.3 is 0 Å². The van der Waals surface area contributed by atoms with Crippen molar-refractivity contribution in [3.8, 4) is 11.1 Å². The lowest BCUT2D eigenvalue weighted by molar-refractivity contribution is 0.752. The van der Waals surface area contributed by atoms with Gasteiger partial charge in [-0.1, -0.05) is 204 Å². The van der Waals surface area contributed by atoms with Crippen molar-refractivity contribution in [2.24, 2.45) is 0 Å². The molecule has 0 amide bonds. The minimum absolute atomic E-state index is 0.452. The summed E-state index contributed by atoms with van der Waals surface area (Å²) >= 11 is 0. The summed E-state index contributed by atoms with van der Waals surface area (Å²) in [7, 11) is 1.93. The highest BCUT2D eigenvalue weighted by molar-refractivity contribution is 6.01. The average Bonchev–Trinajstić information content (AvgIpc) is 3.62. The number of para-hydroxylation sites is 3. The van der Waals surface area contributed by atoms with Crippen molar-refractivity contribution in [3.05, 3.63) is 252 Å². The number of fused-ring (bicyclic) bond motifs is 11. The molecule has 10 rings (SSSR count). The first-order chi connectivity index (χ1) is 30.2. The van der Waals surface area contributed by atoms with Crippen molar-refractivity contribution in [1.82, 2.24) is 5.32 Å². The van der Waals surface area contributed by atoms with Crippen LogP contribution in [0.1, 0.15) is 74.3 Å². The topological polar surface area (TPSA) is 15.3 Å². The Kier molecular flexibility index (Phi) is 13.8. The van der Waals surface area contributed by atoms with Crippen LogP contribution >= 0.6 is 0 Å². The highest BCUT2D eigenvalue weighted by atomic mass is 15.2. The minimum Gasteiger partial charge on any atom is -0.394 e. The summed E-state index contributed by atoms with van der Waals surface area (Å²) in [6.07, 6.45) is 23.4. The first kappa shape index (κ1) is 42.2. The predicted molar refractivity (Wildman–Crippen MR) is 265 cm³/mol. The zero-order valence-electron chi connectivity index (χ0n) is 36.2. The summed E-state index contributed by atoms with van der Waals surface area (Å²) in [5, 5.41) is 6.09. The van der Waals surface area contributed by atoms with E-state index in [1.54, 1.807) is 11.6 Å². The standard InChI is InChI=1S/C38H30N2.C12H10.C7H12.C2H6/c1-3-14-27(25-26-39-2)29-18-13-22-34-37(29)30-17-7-8-19-31(30)38(34)32-20-9-11-23-35(32)40(28-15-5-4-6-16-28)36-24-12-10-21-33(36)38;1-2-6-10-9(5-1)11-7-3-4-8-12(10)11;1-3-5-7-6-4-2;1-2/h3-26,39H,1H2,2H3;1-3,5-7H,4,8H2;3,5,7H,1,4,6H2,2H3;1-2H3/b26-25-,27-14+;;7-5-;. The van der Waals surface area contributed by atoms with Crippen LogP contribution in [0.15, 0.2) is 214 Å². The van der Waals surface area contributed by atoms with E-state index in [0.717, 1.165) is 11.3 Å². The summed E-state index contributed by atoms with van der Waals surface area (Å²) in [5.41, 5.74) is 16.3. The Morgan fingerprint density at radius 2 is 1.31 bits per heavy atom. The van der Waals surface area contributed by atoms with Gasteiger partial charge in [-0.3, -0.25) is 0 Å². The Morgan fingerprint density at radius 1 is 0.689 bits per heavy atom. The van der Waals surface area contributed by atoms with Gasteiger partial charge in [0.2, 0.25) is 0 Å². The number of unbranched alkanes of at least 4 members (excludes halogenated alkanes) is 1. The molecule has 1 heterocycles. The van der Waals surface area contributed by atoms with Crippen LogP contribution in [-0.2, 0) is 5.41 Å². The number of anilines is 3. The summed E-state index contributed by atoms with van der Waals surface area (Å²) in [6, 6.07) is 53.0. The number of allylic oxidation sites excluding steroid dienone is 9. The van der Waals surface area contributed by atoms with E-state index in [9.17, 15) is 0 Å². The van der Waals surface area contributed by atoms with Gasteiger partial charge in [0.25, 0.3) is 0 Å². The second kappa shape index (κ2) is 19.9. The Labute approximate surface area is 364 Å². The van der Waals surface area contributed by atoms with Crippen LogP contribution in [-0.4, -0.2) is 7.05 Å². The van der Waals surface area contributed by atoms with Gasteiger partial charge in [0.1, 0.15) is 0 Å². The molecule has 3 aliphatic carbocycles. The molecule has 6 aromatic rings. The Bertz CT molecular complexity index is 2710. The zero-order chi connectivity index (χ0) is 42.6. The van der Waals surface area contributed by atoms with E-state index in [4.69, 9.17) is 0 Å². The smallest absolute Gasteiger partial charge is 0.0754 e. The summed E-state index contributed by atoms with van der Waals surface area (Å²) in [6.45, 7) is 13.7. The van der Waals surface area contributed by atoms with Crippen molar-refractivity contribution in [3.63, 3.8) is 0 Å². The highest BCUT2D eigenvalue weighted by Crippen LogP contribution is 2.64. The van der Waals surface area contributed by atoms with Crippen molar-refractivity contribution in [2.75, 3.05) is 11.9 Å². The molecule has 0 unspecified atom stereocenters. The lowest BCUT2D eigenvalue weighted by Crippen LogP contribution is -2.38. The Hall–Kier alpha value is -6.90. The predicted octanol–water partition coefficient (Wildman–Crippen LogP) is 14.0. The molecule has 1 N–H and O–H groups in total. The number of rotatable bonds is 8. The molecule has 1 aliphatic heterocycles. The Balaban J connectivity index is 0.000000218. The molecule has 304 valence electrons. The van der Waals surface area contributed by atoms with Gasteiger partial charge in [-0.15, -0.1) is 0 Å². The summed E-state index contributed by atoms with van der Waals surface area (Å²) < 4.78 is 0. The van der Waals surface area contributed by atoms with Crippen LogP contribution in [0.5, 0.6) is 0 Å². The van der Waals surface area contributed by atoms with Crippen LogP contribution in [0.25, 0.3) is 27.8 Å². The van der Waals surface area contributed by atoms with Gasteiger partial charge in [-0.25, -0.2) is 0 Å². The van der Waals surface area contributed by atoms with E-state index >= 15 is 0 Å². The van der Waals surface area contributed by atoms with E-state index in [1.807, 2.05) is 39.2 Å². The summed E-state index contributed by atoms with van der Waals surface area (Å²) in [5.74, 6) is 0. The number of hydrogen-bond acceptors (Lipinski definition) is 2. The van der Waals surface area contributed by atoms with E-state index in [1.165, 1.54) is 92.0 Å². The van der Waals surface area contributed by atoms with Gasteiger partial charge in [0.15, 0.2) is 0 Å². The maximum absolute atomic E-state index is 4.02. The zero-order valence-corrected chi connectivity index (χ0v) is 36.2. The van der Waals surface area contributed by atoms with Gasteiger partial charge in [-0.05, 0) is 122 Å². The molecule has 1 spiro atoms. The van der Waals surface area contributed by atoms with Crippen LogP contribution < -0.4 is 20.7 Å². The third-order valence-corrected chi connectivity index (χ3v) is 11.7. The van der Waals surface area contributed by atoms with Crippen LogP contribution in [0.3, 0.4) is 0 Å². The van der Waals surface area contributed by atoms with Gasteiger partial charge in [0.05, 0.1) is 16.8 Å². The van der Waals surface area contributed by atoms with Crippen molar-refractivity contribution >= 4 is 33.8 Å². The molecule has 0 radical (unpaired) electrons. The fourth-order valence-electron chi connectivity index (χ4n) is 9.26. The monoisotopic (exact) mass is 794 g/mol. The van der Waals surface area contributed by atoms with Crippen molar-refractivity contribution in [2.45, 2.75) is 51.9 Å². The highest BCUT2D eigenvalue weighted by Gasteiger charge is 2.52. The average molecular weight is 795 g/mol. The van der Waals surface area contributed by atoms with E-state index in [0.29, 0.717) is 0 Å². The van der Waals surface area contributed by atoms with Crippen molar-refractivity contribution < 1.29 is 0 Å². The maximum Gasteiger partial charge on any atom is 0.0754 e. The van der Waals surface area contributed by atoms with E-state index in [2.05, 4.69) is 206 Å². The molecule has 2 heteroatoms. The molecule has 0 saturated heterocycles. The number of benzene rings is 6. The summed E-state index contributed by atoms with van der Waals surface area (Å²) in [4.78, 5) is 2.42. The molecule has 0 fully saturated rings. The molecule has 0 aromatic heterocycles. The van der Waals surface area contributed by atoms with Crippen LogP contribution in [0.4, 0.5) is 17.1 Å². The molecule has 61 heavy (non-hydrogen) atoms. The largest absolute Gasteiger partial charge is 0.394 e. The first-order valence-corrected chi connectivity index (χ1v) is 21.9. The number of nitrogens with one attached hydrogen (secondary N) is 1. The SMILES string of the molecule is C1=CC2=c3ccccc3=C2CC1.C=C/C=C(\C=C/NC)c1cccc2c1-c1ccccc1C21c2ccccc2N(c2ccccc2)c2ccccc21.C=C/C=C\CCC.CC. The number of hydrogen-bond donors (Lipinski definition) is 1. The minimum atomic E-state index is -0.452. The lowest BCUT2D eigenvalue weighted by Gasteiger charge is -2.45. The lowest BCUT2D eigenvalue weighted by atomic mass is 9.64. The molecule has 2 nitrogen and oxygen atoms in total. The molecule has 4 aliphatic rings. The van der Waals surface area contributed by atoms with Gasteiger partial charge in [-0.2, -0.15) is 0 Å². The molecule has 0 bridgehead atoms. The van der Waals surface area contributed by atoms with Gasteiger partial charge < -0.3 is 10.2 Å². The fraction of sp³-hybridized carbons (Fsp3) is 0.153.